The normalized spacial score (nSPS) is 11.4. The molecule has 0 amide bonds. The summed E-state index contributed by atoms with van der Waals surface area (Å²) in [5.41, 5.74) is -0.671. The molecule has 0 aromatic carbocycles. The van der Waals surface area contributed by atoms with Gasteiger partial charge in [-0.15, -0.1) is 0 Å². The predicted molar refractivity (Wildman–Crippen MR) is 51.8 cm³/mol. The van der Waals surface area contributed by atoms with E-state index >= 15 is 0 Å². The van der Waals surface area contributed by atoms with Crippen LogP contribution in [0.15, 0.2) is 0 Å². The maximum absolute atomic E-state index is 10.7. The van der Waals surface area contributed by atoms with Crippen LogP contribution < -0.4 is 5.32 Å². The highest BCUT2D eigenvalue weighted by atomic mass is 16.5. The number of aliphatic hydroxyl groups is 2. The third-order valence-electron chi connectivity index (χ3n) is 2.04. The van der Waals surface area contributed by atoms with E-state index in [0.717, 1.165) is 0 Å². The molecule has 14 heavy (non-hydrogen) atoms. The Morgan fingerprint density at radius 2 is 2.00 bits per heavy atom. The van der Waals surface area contributed by atoms with Gasteiger partial charge in [-0.25, -0.2) is 0 Å². The van der Waals surface area contributed by atoms with Gasteiger partial charge in [0.25, 0.3) is 0 Å². The van der Waals surface area contributed by atoms with Gasteiger partial charge in [-0.05, 0) is 19.9 Å². The van der Waals surface area contributed by atoms with Crippen LogP contribution in [0, 0.1) is 0 Å². The molecular formula is C9H19NO4. The molecule has 0 rings (SSSR count). The number of hydrogen-bond donors (Lipinski definition) is 3. The van der Waals surface area contributed by atoms with Crippen molar-refractivity contribution in [2.45, 2.75) is 25.3 Å². The van der Waals surface area contributed by atoms with Crippen molar-refractivity contribution in [3.05, 3.63) is 0 Å². The first kappa shape index (κ1) is 13.4. The van der Waals surface area contributed by atoms with Gasteiger partial charge in [0.05, 0.1) is 25.9 Å². The number of rotatable bonds is 7. The monoisotopic (exact) mass is 205 g/mol. The van der Waals surface area contributed by atoms with E-state index in [1.807, 2.05) is 0 Å². The van der Waals surface area contributed by atoms with Crippen LogP contribution in [-0.4, -0.2) is 48.6 Å². The van der Waals surface area contributed by atoms with Crippen molar-refractivity contribution in [2.24, 2.45) is 0 Å². The Balaban J connectivity index is 3.57. The van der Waals surface area contributed by atoms with E-state index in [1.54, 1.807) is 6.92 Å². The van der Waals surface area contributed by atoms with Gasteiger partial charge in [-0.3, -0.25) is 4.79 Å². The van der Waals surface area contributed by atoms with Gasteiger partial charge in [0.2, 0.25) is 0 Å². The highest BCUT2D eigenvalue weighted by Gasteiger charge is 2.20. The van der Waals surface area contributed by atoms with E-state index in [-0.39, 0.29) is 19.2 Å². The lowest BCUT2D eigenvalue weighted by Gasteiger charge is -2.26. The first-order valence-corrected chi connectivity index (χ1v) is 4.61. The number of aliphatic hydroxyl groups excluding tert-OH is 2. The van der Waals surface area contributed by atoms with Gasteiger partial charge in [0.15, 0.2) is 0 Å². The fourth-order valence-electron chi connectivity index (χ4n) is 0.887. The maximum Gasteiger partial charge on any atom is 0.305 e. The van der Waals surface area contributed by atoms with Crippen LogP contribution >= 0.6 is 0 Å². The predicted octanol–water partition coefficient (Wildman–Crippen LogP) is -0.727. The molecule has 0 aliphatic carbocycles. The summed E-state index contributed by atoms with van der Waals surface area (Å²) in [6.07, 6.45) is 0.971. The van der Waals surface area contributed by atoms with Crippen LogP contribution in [0.1, 0.15) is 19.8 Å². The lowest BCUT2D eigenvalue weighted by molar-refractivity contribution is -0.140. The Kier molecular flexibility index (Phi) is 6.44. The number of nitrogens with one attached hydrogen (secondary N) is 1. The summed E-state index contributed by atoms with van der Waals surface area (Å²) in [6, 6.07) is 0. The molecule has 0 bridgehead atoms. The molecule has 0 radical (unpaired) electrons. The quantitative estimate of drug-likeness (QED) is 0.377. The number of methoxy groups -OCH3 is 1. The highest BCUT2D eigenvalue weighted by Crippen LogP contribution is 2.01. The summed E-state index contributed by atoms with van der Waals surface area (Å²) < 4.78 is 4.47. The second-order valence-electron chi connectivity index (χ2n) is 3.48. The summed E-state index contributed by atoms with van der Waals surface area (Å²) in [5.74, 6) is -0.249. The molecule has 0 atom stereocenters. The van der Waals surface area contributed by atoms with Gasteiger partial charge >= 0.3 is 5.97 Å². The number of ether oxygens (including phenoxy) is 1. The average Bonchev–Trinajstić information content (AvgIpc) is 2.23. The number of hydrogen-bond acceptors (Lipinski definition) is 5. The third kappa shape index (κ3) is 5.16. The molecule has 5 heteroatoms. The van der Waals surface area contributed by atoms with Crippen LogP contribution in [0.4, 0.5) is 0 Å². The van der Waals surface area contributed by atoms with Gasteiger partial charge in [0.1, 0.15) is 0 Å². The lowest BCUT2D eigenvalue weighted by atomic mass is 10.1. The number of esters is 1. The van der Waals surface area contributed by atoms with Gasteiger partial charge in [0, 0.05) is 6.42 Å². The smallest absolute Gasteiger partial charge is 0.305 e. The number of carbonyl (C=O) groups is 1. The molecule has 0 fully saturated rings. The molecule has 0 aromatic heterocycles. The molecular weight excluding hydrogens is 186 g/mol. The van der Waals surface area contributed by atoms with Crippen molar-refractivity contribution in [3.63, 3.8) is 0 Å². The summed E-state index contributed by atoms with van der Waals surface area (Å²) >= 11 is 0. The van der Waals surface area contributed by atoms with E-state index in [1.165, 1.54) is 7.11 Å². The summed E-state index contributed by atoms with van der Waals surface area (Å²) in [6.45, 7) is 2.00. The Labute approximate surface area is 84.1 Å². The van der Waals surface area contributed by atoms with Gasteiger partial charge in [-0.2, -0.15) is 0 Å². The van der Waals surface area contributed by atoms with Crippen molar-refractivity contribution >= 4 is 5.97 Å². The standard InChI is InChI=1S/C9H19NO4/c1-9(6-11,7-12)10-5-3-4-8(13)14-2/h10-12H,3-7H2,1-2H3. The van der Waals surface area contributed by atoms with Crippen LogP contribution in [-0.2, 0) is 9.53 Å². The zero-order chi connectivity index (χ0) is 11.0. The van der Waals surface area contributed by atoms with E-state index in [9.17, 15) is 4.79 Å². The first-order valence-electron chi connectivity index (χ1n) is 4.61. The molecule has 0 unspecified atom stereocenters. The second kappa shape index (κ2) is 6.75. The Morgan fingerprint density at radius 1 is 1.43 bits per heavy atom. The van der Waals surface area contributed by atoms with Crippen molar-refractivity contribution in [2.75, 3.05) is 26.9 Å². The molecule has 84 valence electrons. The molecule has 0 saturated carbocycles. The number of carbonyl (C=O) groups excluding carboxylic acids is 1. The average molecular weight is 205 g/mol. The Hall–Kier alpha value is -0.650. The lowest BCUT2D eigenvalue weighted by Crippen LogP contribution is -2.49. The molecule has 3 N–H and O–H groups in total. The van der Waals surface area contributed by atoms with Gasteiger partial charge in [-0.1, -0.05) is 0 Å². The summed E-state index contributed by atoms with van der Waals surface area (Å²) in [7, 11) is 1.35. The minimum atomic E-state index is -0.671. The highest BCUT2D eigenvalue weighted by molar-refractivity contribution is 5.69. The minimum Gasteiger partial charge on any atom is -0.469 e. The zero-order valence-electron chi connectivity index (χ0n) is 8.75. The fraction of sp³-hybridized carbons (Fsp3) is 0.889. The topological polar surface area (TPSA) is 78.8 Å². The Bertz CT molecular complexity index is 168. The molecule has 0 aliphatic rings. The molecule has 0 spiro atoms. The molecule has 0 saturated heterocycles. The van der Waals surface area contributed by atoms with Crippen LogP contribution in [0.5, 0.6) is 0 Å². The van der Waals surface area contributed by atoms with Crippen LogP contribution in [0.2, 0.25) is 0 Å². The van der Waals surface area contributed by atoms with Crippen molar-refractivity contribution in [3.8, 4) is 0 Å². The van der Waals surface area contributed by atoms with Crippen molar-refractivity contribution in [1.29, 1.82) is 0 Å². The third-order valence-corrected chi connectivity index (χ3v) is 2.04. The molecule has 0 aliphatic heterocycles. The van der Waals surface area contributed by atoms with Gasteiger partial charge < -0.3 is 20.3 Å². The van der Waals surface area contributed by atoms with E-state index < -0.39 is 5.54 Å². The summed E-state index contributed by atoms with van der Waals surface area (Å²) in [5, 5.41) is 20.8. The van der Waals surface area contributed by atoms with E-state index in [0.29, 0.717) is 19.4 Å². The Morgan fingerprint density at radius 3 is 2.43 bits per heavy atom. The minimum absolute atomic E-state index is 0.137. The molecule has 5 nitrogen and oxygen atoms in total. The van der Waals surface area contributed by atoms with E-state index in [4.69, 9.17) is 10.2 Å². The molecule has 0 aromatic rings. The second-order valence-corrected chi connectivity index (χ2v) is 3.48. The fourth-order valence-corrected chi connectivity index (χ4v) is 0.887. The SMILES string of the molecule is COC(=O)CCCNC(C)(CO)CO. The first-order chi connectivity index (χ1) is 6.58. The maximum atomic E-state index is 10.7. The van der Waals surface area contributed by atoms with Crippen molar-refractivity contribution < 1.29 is 19.7 Å². The van der Waals surface area contributed by atoms with Crippen molar-refractivity contribution in [1.82, 2.24) is 5.32 Å². The largest absolute Gasteiger partial charge is 0.469 e. The van der Waals surface area contributed by atoms with Crippen LogP contribution in [0.25, 0.3) is 0 Å². The zero-order valence-corrected chi connectivity index (χ0v) is 8.75. The summed E-state index contributed by atoms with van der Waals surface area (Å²) in [4.78, 5) is 10.7. The van der Waals surface area contributed by atoms with E-state index in [2.05, 4.69) is 10.1 Å². The molecule has 0 heterocycles. The van der Waals surface area contributed by atoms with Crippen LogP contribution in [0.3, 0.4) is 0 Å².